The van der Waals surface area contributed by atoms with Gasteiger partial charge >= 0.3 is 6.18 Å². The van der Waals surface area contributed by atoms with Crippen LogP contribution in [0.5, 0.6) is 23.1 Å². The normalized spacial score (nSPS) is 11.0. The maximum atomic E-state index is 13.3. The molecule has 0 unspecified atom stereocenters. The Balaban J connectivity index is 1.50. The Bertz CT molecular complexity index is 1250. The largest absolute Gasteiger partial charge is 0.457 e. The third-order valence-electron chi connectivity index (χ3n) is 4.37. The number of para-hydroxylation sites is 2. The van der Waals surface area contributed by atoms with Gasteiger partial charge in [0.1, 0.15) is 17.2 Å². The molecule has 1 amide bonds. The third-order valence-corrected chi connectivity index (χ3v) is 4.37. The highest BCUT2D eigenvalue weighted by molar-refractivity contribution is 6.04. The van der Waals surface area contributed by atoms with Gasteiger partial charge in [-0.1, -0.05) is 30.3 Å². The van der Waals surface area contributed by atoms with E-state index >= 15 is 0 Å². The van der Waals surface area contributed by atoms with E-state index in [4.69, 9.17) is 9.47 Å². The molecule has 0 saturated carbocycles. The molecule has 0 aliphatic heterocycles. The summed E-state index contributed by atoms with van der Waals surface area (Å²) in [6.45, 7) is 0. The quantitative estimate of drug-likeness (QED) is 0.371. The van der Waals surface area contributed by atoms with Gasteiger partial charge < -0.3 is 14.8 Å². The van der Waals surface area contributed by atoms with Crippen molar-refractivity contribution < 1.29 is 27.4 Å². The molecular formula is C24H16F3N3O3. The highest BCUT2D eigenvalue weighted by atomic mass is 19.4. The van der Waals surface area contributed by atoms with Crippen LogP contribution < -0.4 is 14.8 Å². The van der Waals surface area contributed by atoms with Gasteiger partial charge in [0.2, 0.25) is 0 Å². The number of carbonyl (C=O) groups excluding carboxylic acids is 1. The van der Waals surface area contributed by atoms with Crippen molar-refractivity contribution in [1.29, 1.82) is 0 Å². The van der Waals surface area contributed by atoms with E-state index < -0.39 is 23.4 Å². The summed E-state index contributed by atoms with van der Waals surface area (Å²) in [5, 5.41) is 2.62. The number of ether oxygens (including phenoxy) is 2. The highest BCUT2D eigenvalue weighted by Gasteiger charge is 2.34. The minimum atomic E-state index is -4.63. The summed E-state index contributed by atoms with van der Waals surface area (Å²) < 4.78 is 50.8. The number of benzene rings is 3. The van der Waals surface area contributed by atoms with Crippen molar-refractivity contribution in [2.24, 2.45) is 0 Å². The first-order valence-electron chi connectivity index (χ1n) is 9.69. The monoisotopic (exact) mass is 451 g/mol. The van der Waals surface area contributed by atoms with E-state index in [1.165, 1.54) is 24.5 Å². The van der Waals surface area contributed by atoms with Gasteiger partial charge in [-0.3, -0.25) is 4.79 Å². The molecule has 1 heterocycles. The molecule has 3 aromatic carbocycles. The van der Waals surface area contributed by atoms with Crippen LogP contribution in [0.3, 0.4) is 0 Å². The first-order valence-corrected chi connectivity index (χ1v) is 9.69. The Morgan fingerprint density at radius 2 is 1.39 bits per heavy atom. The second kappa shape index (κ2) is 9.39. The van der Waals surface area contributed by atoms with Crippen molar-refractivity contribution in [3.05, 3.63) is 103 Å². The van der Waals surface area contributed by atoms with E-state index in [9.17, 15) is 18.0 Å². The SMILES string of the molecule is O=C(Nc1ccc(Oc2ccccc2)cc1)c1nccnc1Oc1ccccc1C(F)(F)F. The third kappa shape index (κ3) is 5.45. The molecule has 0 aliphatic rings. The number of carbonyl (C=O) groups is 1. The van der Waals surface area contributed by atoms with Gasteiger partial charge in [-0.15, -0.1) is 0 Å². The molecule has 0 radical (unpaired) electrons. The van der Waals surface area contributed by atoms with Crippen LogP contribution in [0.4, 0.5) is 18.9 Å². The molecule has 0 saturated heterocycles. The second-order valence-electron chi connectivity index (χ2n) is 6.70. The van der Waals surface area contributed by atoms with Crippen LogP contribution in [-0.2, 0) is 6.18 Å². The average molecular weight is 451 g/mol. The Morgan fingerprint density at radius 1 is 0.758 bits per heavy atom. The van der Waals surface area contributed by atoms with Crippen molar-refractivity contribution >= 4 is 11.6 Å². The van der Waals surface area contributed by atoms with Crippen LogP contribution in [0.2, 0.25) is 0 Å². The van der Waals surface area contributed by atoms with E-state index in [1.807, 2.05) is 30.3 Å². The first kappa shape index (κ1) is 21.8. The molecule has 9 heteroatoms. The zero-order valence-electron chi connectivity index (χ0n) is 16.9. The van der Waals surface area contributed by atoms with Gasteiger partial charge in [-0.05, 0) is 48.5 Å². The van der Waals surface area contributed by atoms with Crippen molar-refractivity contribution in [3.8, 4) is 23.1 Å². The summed E-state index contributed by atoms with van der Waals surface area (Å²) in [5.41, 5.74) is -0.831. The Kier molecular flexibility index (Phi) is 6.21. The number of halogens is 3. The number of rotatable bonds is 6. The lowest BCUT2D eigenvalue weighted by Crippen LogP contribution is -2.16. The standard InChI is InChI=1S/C24H16F3N3O3/c25-24(26,27)19-8-4-5-9-20(19)33-23-21(28-14-15-29-23)22(31)30-16-10-12-18(13-11-16)32-17-6-2-1-3-7-17/h1-15H,(H,30,31). The molecule has 4 aromatic rings. The van der Waals surface area contributed by atoms with Crippen molar-refractivity contribution in [1.82, 2.24) is 9.97 Å². The van der Waals surface area contributed by atoms with Gasteiger partial charge in [0.25, 0.3) is 11.8 Å². The maximum Gasteiger partial charge on any atom is 0.419 e. The smallest absolute Gasteiger partial charge is 0.419 e. The van der Waals surface area contributed by atoms with Crippen molar-refractivity contribution in [2.45, 2.75) is 6.18 Å². The predicted octanol–water partition coefficient (Wildman–Crippen LogP) is 6.33. The lowest BCUT2D eigenvalue weighted by molar-refractivity contribution is -0.138. The van der Waals surface area contributed by atoms with Crippen LogP contribution in [-0.4, -0.2) is 15.9 Å². The van der Waals surface area contributed by atoms with Crippen molar-refractivity contribution in [2.75, 3.05) is 5.32 Å². The van der Waals surface area contributed by atoms with Crippen LogP contribution in [0, 0.1) is 0 Å². The molecule has 0 aliphatic carbocycles. The molecular weight excluding hydrogens is 435 g/mol. The number of hydrogen-bond acceptors (Lipinski definition) is 5. The van der Waals surface area contributed by atoms with Crippen LogP contribution in [0.25, 0.3) is 0 Å². The lowest BCUT2D eigenvalue weighted by Gasteiger charge is -2.14. The number of hydrogen-bond donors (Lipinski definition) is 1. The van der Waals surface area contributed by atoms with Gasteiger partial charge in [0.15, 0.2) is 5.69 Å². The fraction of sp³-hybridized carbons (Fsp3) is 0.0417. The van der Waals surface area contributed by atoms with E-state index in [0.717, 1.165) is 12.1 Å². The molecule has 1 aromatic heterocycles. The maximum absolute atomic E-state index is 13.3. The minimum Gasteiger partial charge on any atom is -0.457 e. The van der Waals surface area contributed by atoms with Crippen LogP contribution in [0.1, 0.15) is 16.1 Å². The fourth-order valence-corrected chi connectivity index (χ4v) is 2.87. The number of amides is 1. The highest BCUT2D eigenvalue weighted by Crippen LogP contribution is 2.38. The Morgan fingerprint density at radius 3 is 2.12 bits per heavy atom. The molecule has 0 fully saturated rings. The molecule has 4 rings (SSSR count). The lowest BCUT2D eigenvalue weighted by atomic mass is 10.2. The summed E-state index contributed by atoms with van der Waals surface area (Å²) in [6.07, 6.45) is -2.17. The van der Waals surface area contributed by atoms with Crippen molar-refractivity contribution in [3.63, 3.8) is 0 Å². The van der Waals surface area contributed by atoms with E-state index in [2.05, 4.69) is 15.3 Å². The Hall–Kier alpha value is -4.40. The summed E-state index contributed by atoms with van der Waals surface area (Å²) >= 11 is 0. The zero-order valence-corrected chi connectivity index (χ0v) is 16.9. The van der Waals surface area contributed by atoms with Gasteiger partial charge in [0.05, 0.1) is 5.56 Å². The van der Waals surface area contributed by atoms with E-state index in [1.54, 1.807) is 24.3 Å². The molecule has 33 heavy (non-hydrogen) atoms. The topological polar surface area (TPSA) is 73.3 Å². The predicted molar refractivity (Wildman–Crippen MR) is 114 cm³/mol. The summed E-state index contributed by atoms with van der Waals surface area (Å²) in [4.78, 5) is 20.6. The minimum absolute atomic E-state index is 0.265. The molecule has 6 nitrogen and oxygen atoms in total. The summed E-state index contributed by atoms with van der Waals surface area (Å²) in [6, 6.07) is 20.4. The first-order chi connectivity index (χ1) is 15.9. The molecule has 1 N–H and O–H groups in total. The zero-order chi connectivity index (χ0) is 23.3. The van der Waals surface area contributed by atoms with Gasteiger partial charge in [-0.25, -0.2) is 9.97 Å². The van der Waals surface area contributed by atoms with Gasteiger partial charge in [-0.2, -0.15) is 13.2 Å². The van der Waals surface area contributed by atoms with E-state index in [0.29, 0.717) is 17.2 Å². The molecule has 0 atom stereocenters. The number of nitrogens with zero attached hydrogens (tertiary/aromatic N) is 2. The van der Waals surface area contributed by atoms with Crippen LogP contribution >= 0.6 is 0 Å². The summed E-state index contributed by atoms with van der Waals surface area (Å²) in [5.74, 6) is -0.307. The number of nitrogens with one attached hydrogen (secondary N) is 1. The fourth-order valence-electron chi connectivity index (χ4n) is 2.87. The van der Waals surface area contributed by atoms with Crippen LogP contribution in [0.15, 0.2) is 91.3 Å². The Labute approximate surface area is 186 Å². The second-order valence-corrected chi connectivity index (χ2v) is 6.70. The average Bonchev–Trinajstić information content (AvgIpc) is 2.81. The molecule has 166 valence electrons. The molecule has 0 bridgehead atoms. The number of aromatic nitrogens is 2. The number of anilines is 1. The molecule has 0 spiro atoms. The number of alkyl halides is 3. The van der Waals surface area contributed by atoms with E-state index in [-0.39, 0.29) is 11.6 Å². The summed E-state index contributed by atoms with van der Waals surface area (Å²) in [7, 11) is 0. The van der Waals surface area contributed by atoms with Gasteiger partial charge in [0, 0.05) is 18.1 Å².